The lowest BCUT2D eigenvalue weighted by atomic mass is 9.99. The van der Waals surface area contributed by atoms with Crippen LogP contribution in [0.1, 0.15) is 22.0 Å². The normalized spacial score (nSPS) is 11.7. The Morgan fingerprint density at radius 3 is 2.63 bits per heavy atom. The van der Waals surface area contributed by atoms with Gasteiger partial charge in [0.15, 0.2) is 0 Å². The van der Waals surface area contributed by atoms with Gasteiger partial charge in [-0.3, -0.25) is 0 Å². The minimum absolute atomic E-state index is 0.355. The van der Waals surface area contributed by atoms with Crippen LogP contribution < -0.4 is 10.6 Å². The van der Waals surface area contributed by atoms with Crippen molar-refractivity contribution in [3.05, 3.63) is 88.9 Å². The number of halogens is 1. The Morgan fingerprint density at radius 2 is 1.83 bits per heavy atom. The maximum atomic E-state index is 12.0. The molecule has 5 nitrogen and oxygen atoms in total. The van der Waals surface area contributed by atoms with Crippen molar-refractivity contribution in [3.8, 4) is 11.1 Å². The van der Waals surface area contributed by atoms with Crippen LogP contribution in [0.4, 0.5) is 5.69 Å². The molecule has 30 heavy (non-hydrogen) atoms. The third kappa shape index (κ3) is 5.83. The van der Waals surface area contributed by atoms with Gasteiger partial charge < -0.3 is 20.5 Å². The standard InChI is InChI=1S/C24H25ClN2O3/c1-30-24(29)22-11-3-2-10-21(22)17-6-5-9-20(15-17)27-13-12-26-16-23(28)18-7-4-8-19(25)14-18/h2-11,14-15,23,26-28H,12-13,16H2,1H3/t23-/m0/s1. The van der Waals surface area contributed by atoms with Crippen molar-refractivity contribution in [2.75, 3.05) is 32.1 Å². The van der Waals surface area contributed by atoms with E-state index >= 15 is 0 Å². The Labute approximate surface area is 181 Å². The lowest BCUT2D eigenvalue weighted by Crippen LogP contribution is -2.26. The second-order valence-corrected chi connectivity index (χ2v) is 7.26. The summed E-state index contributed by atoms with van der Waals surface area (Å²) in [5.74, 6) is -0.355. The number of ether oxygens (including phenoxy) is 1. The molecule has 0 aliphatic rings. The molecule has 3 aromatic rings. The van der Waals surface area contributed by atoms with Crippen molar-refractivity contribution in [1.82, 2.24) is 5.32 Å². The molecule has 0 aliphatic carbocycles. The Bertz CT molecular complexity index is 993. The highest BCUT2D eigenvalue weighted by Crippen LogP contribution is 2.26. The Balaban J connectivity index is 1.54. The van der Waals surface area contributed by atoms with Crippen molar-refractivity contribution < 1.29 is 14.6 Å². The van der Waals surface area contributed by atoms with Gasteiger partial charge in [0.25, 0.3) is 0 Å². The molecule has 3 N–H and O–H groups in total. The zero-order chi connectivity index (χ0) is 21.3. The van der Waals surface area contributed by atoms with Crippen LogP contribution >= 0.6 is 11.6 Å². The summed E-state index contributed by atoms with van der Waals surface area (Å²) in [4.78, 5) is 12.0. The zero-order valence-electron chi connectivity index (χ0n) is 16.8. The van der Waals surface area contributed by atoms with E-state index in [0.717, 1.165) is 22.4 Å². The first-order valence-electron chi connectivity index (χ1n) is 9.74. The lowest BCUT2D eigenvalue weighted by molar-refractivity contribution is 0.0601. The van der Waals surface area contributed by atoms with Crippen molar-refractivity contribution in [3.63, 3.8) is 0 Å². The molecule has 0 aliphatic heterocycles. The van der Waals surface area contributed by atoms with Gasteiger partial charge in [-0.15, -0.1) is 0 Å². The van der Waals surface area contributed by atoms with Crippen LogP contribution in [0.25, 0.3) is 11.1 Å². The van der Waals surface area contributed by atoms with E-state index in [1.54, 1.807) is 18.2 Å². The van der Waals surface area contributed by atoms with Crippen LogP contribution in [-0.2, 0) is 4.74 Å². The van der Waals surface area contributed by atoms with Crippen molar-refractivity contribution in [2.24, 2.45) is 0 Å². The number of esters is 1. The van der Waals surface area contributed by atoms with Crippen molar-refractivity contribution in [2.45, 2.75) is 6.10 Å². The monoisotopic (exact) mass is 424 g/mol. The van der Waals surface area contributed by atoms with Gasteiger partial charge in [-0.25, -0.2) is 4.79 Å². The highest BCUT2D eigenvalue weighted by molar-refractivity contribution is 6.30. The van der Waals surface area contributed by atoms with Gasteiger partial charge in [-0.2, -0.15) is 0 Å². The van der Waals surface area contributed by atoms with Gasteiger partial charge >= 0.3 is 5.97 Å². The molecule has 6 heteroatoms. The number of carbonyl (C=O) groups excluding carboxylic acids is 1. The Hall–Kier alpha value is -2.86. The average molecular weight is 425 g/mol. The van der Waals surface area contributed by atoms with E-state index in [1.165, 1.54) is 7.11 Å². The van der Waals surface area contributed by atoms with Crippen LogP contribution in [0, 0.1) is 0 Å². The molecule has 0 saturated heterocycles. The molecule has 0 heterocycles. The predicted octanol–water partition coefficient (Wildman–Crippen LogP) is 4.53. The second-order valence-electron chi connectivity index (χ2n) is 6.82. The summed E-state index contributed by atoms with van der Waals surface area (Å²) in [6.07, 6.45) is -0.609. The molecule has 0 aromatic heterocycles. The fraction of sp³-hybridized carbons (Fsp3) is 0.208. The SMILES string of the molecule is COC(=O)c1ccccc1-c1cccc(NCCNC[C@H](O)c2cccc(Cl)c2)c1. The lowest BCUT2D eigenvalue weighted by Gasteiger charge is -2.14. The maximum absolute atomic E-state index is 12.0. The number of benzene rings is 3. The van der Waals surface area contributed by atoms with Crippen LogP contribution in [0.2, 0.25) is 5.02 Å². The number of hydrogen-bond donors (Lipinski definition) is 3. The fourth-order valence-corrected chi connectivity index (χ4v) is 3.38. The molecular formula is C24H25ClN2O3. The van der Waals surface area contributed by atoms with Gasteiger partial charge in [0.05, 0.1) is 18.8 Å². The zero-order valence-corrected chi connectivity index (χ0v) is 17.5. The van der Waals surface area contributed by atoms with E-state index in [2.05, 4.69) is 10.6 Å². The smallest absolute Gasteiger partial charge is 0.338 e. The summed E-state index contributed by atoms with van der Waals surface area (Å²) in [5.41, 5.74) is 4.04. The molecule has 3 aromatic carbocycles. The Morgan fingerprint density at radius 1 is 1.03 bits per heavy atom. The quantitative estimate of drug-likeness (QED) is 0.348. The van der Waals surface area contributed by atoms with Crippen LogP contribution in [0.5, 0.6) is 0 Å². The van der Waals surface area contributed by atoms with E-state index in [4.69, 9.17) is 16.3 Å². The van der Waals surface area contributed by atoms with E-state index in [-0.39, 0.29) is 5.97 Å². The number of nitrogens with one attached hydrogen (secondary N) is 2. The molecular weight excluding hydrogens is 400 g/mol. The third-order valence-electron chi connectivity index (χ3n) is 4.71. The first kappa shape index (κ1) is 21.8. The van der Waals surface area contributed by atoms with Crippen molar-refractivity contribution in [1.29, 1.82) is 0 Å². The number of methoxy groups -OCH3 is 1. The van der Waals surface area contributed by atoms with Gasteiger partial charge in [0, 0.05) is 30.3 Å². The number of carbonyl (C=O) groups is 1. The van der Waals surface area contributed by atoms with Gasteiger partial charge in [0.2, 0.25) is 0 Å². The van der Waals surface area contributed by atoms with Crippen LogP contribution in [0.15, 0.2) is 72.8 Å². The molecule has 0 unspecified atom stereocenters. The first-order chi connectivity index (χ1) is 14.6. The molecule has 0 bridgehead atoms. The summed E-state index contributed by atoms with van der Waals surface area (Å²) in [5, 5.41) is 17.4. The average Bonchev–Trinajstić information content (AvgIpc) is 2.78. The summed E-state index contributed by atoms with van der Waals surface area (Å²) >= 11 is 5.97. The van der Waals surface area contributed by atoms with Crippen molar-refractivity contribution >= 4 is 23.3 Å². The summed E-state index contributed by atoms with van der Waals surface area (Å²) in [6.45, 7) is 1.81. The summed E-state index contributed by atoms with van der Waals surface area (Å²) in [6, 6.07) is 22.5. The molecule has 0 saturated carbocycles. The molecule has 0 spiro atoms. The maximum Gasteiger partial charge on any atom is 0.338 e. The number of hydrogen-bond acceptors (Lipinski definition) is 5. The highest BCUT2D eigenvalue weighted by atomic mass is 35.5. The van der Waals surface area contributed by atoms with E-state index in [9.17, 15) is 9.90 Å². The van der Waals surface area contributed by atoms with Gasteiger partial charge in [0.1, 0.15) is 0 Å². The first-order valence-corrected chi connectivity index (χ1v) is 10.1. The molecule has 0 radical (unpaired) electrons. The number of rotatable bonds is 9. The van der Waals surface area contributed by atoms with Gasteiger partial charge in [-0.05, 0) is 47.0 Å². The summed E-state index contributed by atoms with van der Waals surface area (Å²) in [7, 11) is 1.38. The number of aliphatic hydroxyl groups excluding tert-OH is 1. The van der Waals surface area contributed by atoms with Gasteiger partial charge in [-0.1, -0.05) is 54.1 Å². The molecule has 1 atom stereocenters. The molecule has 0 amide bonds. The number of anilines is 1. The van der Waals surface area contributed by atoms with Crippen LogP contribution in [0.3, 0.4) is 0 Å². The topological polar surface area (TPSA) is 70.6 Å². The molecule has 156 valence electrons. The fourth-order valence-electron chi connectivity index (χ4n) is 3.19. The molecule has 3 rings (SSSR count). The minimum atomic E-state index is -0.609. The van der Waals surface area contributed by atoms with E-state index < -0.39 is 6.10 Å². The van der Waals surface area contributed by atoms with E-state index in [0.29, 0.717) is 30.2 Å². The third-order valence-corrected chi connectivity index (χ3v) is 4.94. The van der Waals surface area contributed by atoms with E-state index in [1.807, 2.05) is 54.6 Å². The predicted molar refractivity (Wildman–Crippen MR) is 121 cm³/mol. The number of aliphatic hydroxyl groups is 1. The van der Waals surface area contributed by atoms with Crippen LogP contribution in [-0.4, -0.2) is 37.8 Å². The summed E-state index contributed by atoms with van der Waals surface area (Å²) < 4.78 is 4.89. The Kier molecular flexibility index (Phi) is 7.85. The second kappa shape index (κ2) is 10.8. The molecule has 0 fully saturated rings. The highest BCUT2D eigenvalue weighted by Gasteiger charge is 2.12. The largest absolute Gasteiger partial charge is 0.465 e. The minimum Gasteiger partial charge on any atom is -0.465 e.